The number of ketones is 1. The highest BCUT2D eigenvalue weighted by Gasteiger charge is 2.76. The summed E-state index contributed by atoms with van der Waals surface area (Å²) in [5, 5.41) is 14.1. The Hall–Kier alpha value is -2.85. The van der Waals surface area contributed by atoms with E-state index in [4.69, 9.17) is 18.9 Å². The number of carbonyl (C=O) groups excluding carboxylic acids is 1. The average molecular weight is 547 g/mol. The Bertz CT molecular complexity index is 1470. The third kappa shape index (κ3) is 2.94. The lowest BCUT2D eigenvalue weighted by molar-refractivity contribution is -0.246. The maximum Gasteiger partial charge on any atom is 0.335 e. The minimum Gasteiger partial charge on any atom is -0.478 e. The van der Waals surface area contributed by atoms with E-state index in [2.05, 4.69) is 25.0 Å². The number of allylic oxidation sites excluding steroid dienone is 1. The molecule has 40 heavy (non-hydrogen) atoms. The van der Waals surface area contributed by atoms with Gasteiger partial charge in [-0.1, -0.05) is 25.5 Å². The van der Waals surface area contributed by atoms with Crippen molar-refractivity contribution in [2.45, 2.75) is 63.8 Å². The molecule has 6 aliphatic rings. The number of carboxylic acid groups (broad SMARTS) is 1. The zero-order chi connectivity index (χ0) is 27.5. The number of carboxylic acids is 1. The molecule has 0 radical (unpaired) electrons. The average Bonchev–Trinajstić information content (AvgIpc) is 3.71. The highest BCUT2D eigenvalue weighted by molar-refractivity contribution is 5.88. The molecule has 3 heterocycles. The number of fused-ring (bicyclic) bond motifs is 8. The predicted molar refractivity (Wildman–Crippen MR) is 141 cm³/mol. The van der Waals surface area contributed by atoms with Crippen molar-refractivity contribution in [2.24, 2.45) is 28.6 Å². The molecule has 8 rings (SSSR count). The van der Waals surface area contributed by atoms with Gasteiger partial charge in [0.25, 0.3) is 0 Å². The van der Waals surface area contributed by atoms with Crippen LogP contribution in [0.25, 0.3) is 11.8 Å². The molecule has 210 valence electrons. The number of rotatable bonds is 2. The molecule has 0 amide bonds. The quantitative estimate of drug-likeness (QED) is 0.591. The van der Waals surface area contributed by atoms with Gasteiger partial charge in [0.15, 0.2) is 13.6 Å². The summed E-state index contributed by atoms with van der Waals surface area (Å²) in [7, 11) is 0. The van der Waals surface area contributed by atoms with Crippen LogP contribution in [0.4, 0.5) is 0 Å². The molecule has 1 N–H and O–H groups in total. The van der Waals surface area contributed by atoms with Gasteiger partial charge in [0.05, 0.1) is 23.1 Å². The first kappa shape index (κ1) is 24.9. The van der Waals surface area contributed by atoms with Gasteiger partial charge < -0.3 is 24.1 Å². The maximum absolute atomic E-state index is 14.3. The van der Waals surface area contributed by atoms with Gasteiger partial charge in [0.1, 0.15) is 18.0 Å². The van der Waals surface area contributed by atoms with E-state index in [1.54, 1.807) is 18.2 Å². The first-order valence-corrected chi connectivity index (χ1v) is 14.4. The third-order valence-corrected chi connectivity index (χ3v) is 11.5. The van der Waals surface area contributed by atoms with E-state index in [-0.39, 0.29) is 41.8 Å². The van der Waals surface area contributed by atoms with E-state index in [1.807, 2.05) is 16.9 Å². The SMILES string of the molecule is C[C@]12Cc3cnn(-c4cccc(C(=O)O)c4)c3C=C1CC[C@@H]1[C@@H]2C(=O)C[C@@]2(C)[C@H]1CC[C@@]21OCOC12COCO2. The van der Waals surface area contributed by atoms with Gasteiger partial charge >= 0.3 is 5.97 Å². The van der Waals surface area contributed by atoms with Gasteiger partial charge in [-0.2, -0.15) is 5.10 Å². The third-order valence-electron chi connectivity index (χ3n) is 11.5. The van der Waals surface area contributed by atoms with Crippen molar-refractivity contribution in [2.75, 3.05) is 20.2 Å². The molecule has 9 heteroatoms. The molecule has 1 aromatic carbocycles. The smallest absolute Gasteiger partial charge is 0.335 e. The molecular formula is C31H34N2O7. The van der Waals surface area contributed by atoms with E-state index in [0.717, 1.165) is 49.0 Å². The first-order chi connectivity index (χ1) is 19.2. The molecular weight excluding hydrogens is 512 g/mol. The Morgan fingerprint density at radius 2 is 1.98 bits per heavy atom. The Labute approximate surface area is 232 Å². The van der Waals surface area contributed by atoms with Crippen LogP contribution in [0.5, 0.6) is 0 Å². The standard InChI is InChI=1S/C31H34N2O7/c1-28-12-19-14-32-33(21-5-3-4-18(10-21)27(35)36)24(19)11-20(28)6-7-22-23-8-9-30(29(23,2)13-25(34)26(22)28)31(40-17-38-30)15-37-16-39-31/h3-5,10-11,14,22-23,26H,6-9,12-13,15-17H2,1-2H3,(H,35,36)/t22-,23-,26+,28-,29-,30+,31?/m0/s1. The van der Waals surface area contributed by atoms with Crippen LogP contribution in [0.2, 0.25) is 0 Å². The number of aromatic carboxylic acids is 1. The zero-order valence-corrected chi connectivity index (χ0v) is 22.9. The molecule has 3 saturated carbocycles. The summed E-state index contributed by atoms with van der Waals surface area (Å²) >= 11 is 0. The van der Waals surface area contributed by atoms with Crippen molar-refractivity contribution in [3.8, 4) is 5.69 Å². The van der Waals surface area contributed by atoms with Gasteiger partial charge in [-0.05, 0) is 73.8 Å². The van der Waals surface area contributed by atoms with Crippen molar-refractivity contribution in [3.63, 3.8) is 0 Å². The topological polar surface area (TPSA) is 109 Å². The van der Waals surface area contributed by atoms with E-state index >= 15 is 0 Å². The summed E-state index contributed by atoms with van der Waals surface area (Å²) in [5.74, 6) is -1.05. The minimum atomic E-state index is -0.962. The van der Waals surface area contributed by atoms with Crippen LogP contribution in [-0.2, 0) is 30.2 Å². The van der Waals surface area contributed by atoms with Crippen LogP contribution < -0.4 is 0 Å². The Balaban J connectivity index is 1.15. The lowest BCUT2D eigenvalue weighted by Gasteiger charge is -2.59. The highest BCUT2D eigenvalue weighted by Crippen LogP contribution is 2.70. The molecule has 1 aromatic heterocycles. The van der Waals surface area contributed by atoms with Gasteiger partial charge in [-0.3, -0.25) is 4.79 Å². The Morgan fingerprint density at radius 3 is 2.77 bits per heavy atom. The number of ether oxygens (including phenoxy) is 4. The summed E-state index contributed by atoms with van der Waals surface area (Å²) in [4.78, 5) is 25.9. The largest absolute Gasteiger partial charge is 0.478 e. The molecule has 9 nitrogen and oxygen atoms in total. The first-order valence-electron chi connectivity index (χ1n) is 14.4. The fourth-order valence-corrected chi connectivity index (χ4v) is 9.83. The van der Waals surface area contributed by atoms with Gasteiger partial charge in [-0.15, -0.1) is 0 Å². The van der Waals surface area contributed by atoms with Crippen molar-refractivity contribution in [1.29, 1.82) is 0 Å². The molecule has 5 fully saturated rings. The lowest BCUT2D eigenvalue weighted by atomic mass is 9.45. The molecule has 0 bridgehead atoms. The van der Waals surface area contributed by atoms with Crippen LogP contribution in [0.3, 0.4) is 0 Å². The zero-order valence-electron chi connectivity index (χ0n) is 22.9. The number of aromatic nitrogens is 2. The molecule has 1 unspecified atom stereocenters. The molecule has 4 aliphatic carbocycles. The summed E-state index contributed by atoms with van der Waals surface area (Å²) in [6.07, 6.45) is 8.97. The van der Waals surface area contributed by atoms with Crippen molar-refractivity contribution < 1.29 is 33.6 Å². The number of nitrogens with zero attached hydrogens (tertiary/aromatic N) is 2. The van der Waals surface area contributed by atoms with E-state index < -0.39 is 17.4 Å². The van der Waals surface area contributed by atoms with E-state index in [9.17, 15) is 14.7 Å². The van der Waals surface area contributed by atoms with E-state index in [1.165, 1.54) is 5.57 Å². The second-order valence-electron chi connectivity index (χ2n) is 13.1. The normalized spacial score (nSPS) is 41.5. The second-order valence-corrected chi connectivity index (χ2v) is 13.1. The summed E-state index contributed by atoms with van der Waals surface area (Å²) in [5.41, 5.74) is 3.00. The fraction of sp³-hybridized carbons (Fsp3) is 0.581. The van der Waals surface area contributed by atoms with Gasteiger partial charge in [-0.25, -0.2) is 9.48 Å². The van der Waals surface area contributed by atoms with Crippen molar-refractivity contribution in [3.05, 3.63) is 52.9 Å². The van der Waals surface area contributed by atoms with Crippen molar-refractivity contribution >= 4 is 17.8 Å². The number of hydrogen-bond donors (Lipinski definition) is 1. The molecule has 2 aromatic rings. The second kappa shape index (κ2) is 8.12. The Kier molecular flexibility index (Phi) is 5.06. The van der Waals surface area contributed by atoms with E-state index in [0.29, 0.717) is 24.7 Å². The predicted octanol–water partition coefficient (Wildman–Crippen LogP) is 4.38. The lowest BCUT2D eigenvalue weighted by Crippen LogP contribution is -2.65. The summed E-state index contributed by atoms with van der Waals surface area (Å²) in [6.45, 7) is 5.20. The minimum absolute atomic E-state index is 0.0634. The number of benzene rings is 1. The monoisotopic (exact) mass is 546 g/mol. The number of carbonyl (C=O) groups is 2. The van der Waals surface area contributed by atoms with Crippen LogP contribution in [0, 0.1) is 28.6 Å². The summed E-state index contributed by atoms with van der Waals surface area (Å²) < 4.78 is 26.1. The molecule has 2 spiro atoms. The molecule has 7 atom stereocenters. The van der Waals surface area contributed by atoms with Crippen LogP contribution in [-0.4, -0.2) is 58.2 Å². The Morgan fingerprint density at radius 1 is 1.12 bits per heavy atom. The van der Waals surface area contributed by atoms with Crippen LogP contribution in [0.15, 0.2) is 36.0 Å². The molecule has 2 saturated heterocycles. The molecule has 2 aliphatic heterocycles. The fourth-order valence-electron chi connectivity index (χ4n) is 9.83. The van der Waals surface area contributed by atoms with Gasteiger partial charge in [0.2, 0.25) is 5.79 Å². The highest BCUT2D eigenvalue weighted by atomic mass is 16.9. The van der Waals surface area contributed by atoms with Crippen LogP contribution in [0.1, 0.15) is 67.6 Å². The summed E-state index contributed by atoms with van der Waals surface area (Å²) in [6, 6.07) is 6.87. The number of Topliss-reactive ketones (excluding diaryl/α,β-unsaturated/α-hetero) is 1. The van der Waals surface area contributed by atoms with Crippen molar-refractivity contribution in [1.82, 2.24) is 9.78 Å². The maximum atomic E-state index is 14.3. The van der Waals surface area contributed by atoms with Crippen LogP contribution >= 0.6 is 0 Å². The number of hydrogen-bond acceptors (Lipinski definition) is 7. The van der Waals surface area contributed by atoms with Gasteiger partial charge in [0, 0.05) is 23.2 Å².